The number of aromatic amines is 1. The highest BCUT2D eigenvalue weighted by molar-refractivity contribution is 6.09. The summed E-state index contributed by atoms with van der Waals surface area (Å²) in [6, 6.07) is 5.33. The summed E-state index contributed by atoms with van der Waals surface area (Å²) in [7, 11) is 0. The number of benzene rings is 1. The monoisotopic (exact) mass is 274 g/mol. The van der Waals surface area contributed by atoms with Crippen molar-refractivity contribution in [2.75, 3.05) is 5.32 Å². The maximum absolute atomic E-state index is 13.4. The van der Waals surface area contributed by atoms with Crippen molar-refractivity contribution in [3.63, 3.8) is 0 Å². The van der Waals surface area contributed by atoms with E-state index in [9.17, 15) is 14.0 Å². The fraction of sp³-hybridized carbons (Fsp3) is 0. The molecule has 0 aliphatic carbocycles. The number of aromatic nitrogens is 2. The zero-order chi connectivity index (χ0) is 14.7. The van der Waals surface area contributed by atoms with Gasteiger partial charge in [-0.2, -0.15) is 5.26 Å². The predicted molar refractivity (Wildman–Crippen MR) is 64.6 cm³/mol. The van der Waals surface area contributed by atoms with Crippen LogP contribution in [0.25, 0.3) is 0 Å². The van der Waals surface area contributed by atoms with Gasteiger partial charge in [0.05, 0.1) is 12.0 Å². The lowest BCUT2D eigenvalue weighted by molar-refractivity contribution is 0.0686. The summed E-state index contributed by atoms with van der Waals surface area (Å²) in [5, 5.41) is 19.9. The molecular formula is C12H7FN4O3. The molecule has 1 aromatic carbocycles. The number of anilines is 1. The lowest BCUT2D eigenvalue weighted by Crippen LogP contribution is -2.17. The highest BCUT2D eigenvalue weighted by Crippen LogP contribution is 2.18. The number of nitriles is 1. The molecule has 2 aromatic rings. The van der Waals surface area contributed by atoms with E-state index in [0.717, 1.165) is 12.4 Å². The summed E-state index contributed by atoms with van der Waals surface area (Å²) >= 11 is 0. The number of hydrogen-bond acceptors (Lipinski definition) is 4. The van der Waals surface area contributed by atoms with Crippen LogP contribution in [0.2, 0.25) is 0 Å². The van der Waals surface area contributed by atoms with E-state index in [4.69, 9.17) is 10.4 Å². The zero-order valence-electron chi connectivity index (χ0n) is 9.85. The van der Waals surface area contributed by atoms with Crippen molar-refractivity contribution in [3.05, 3.63) is 47.3 Å². The molecule has 0 unspecified atom stereocenters. The molecule has 20 heavy (non-hydrogen) atoms. The molecule has 2 rings (SSSR count). The molecule has 7 nitrogen and oxygen atoms in total. The van der Waals surface area contributed by atoms with Gasteiger partial charge in [-0.3, -0.25) is 4.79 Å². The van der Waals surface area contributed by atoms with Gasteiger partial charge in [0.1, 0.15) is 17.4 Å². The molecule has 0 atom stereocenters. The zero-order valence-corrected chi connectivity index (χ0v) is 9.85. The van der Waals surface area contributed by atoms with Crippen LogP contribution in [0.1, 0.15) is 26.5 Å². The minimum absolute atomic E-state index is 0.0585. The van der Waals surface area contributed by atoms with E-state index < -0.39 is 23.4 Å². The summed E-state index contributed by atoms with van der Waals surface area (Å²) < 4.78 is 13.4. The lowest BCUT2D eigenvalue weighted by atomic mass is 10.1. The van der Waals surface area contributed by atoms with Gasteiger partial charge in [0.15, 0.2) is 11.4 Å². The number of imidazole rings is 1. The van der Waals surface area contributed by atoms with Crippen LogP contribution in [0.15, 0.2) is 24.5 Å². The molecule has 0 saturated carbocycles. The van der Waals surface area contributed by atoms with E-state index in [0.29, 0.717) is 0 Å². The molecule has 0 saturated heterocycles. The van der Waals surface area contributed by atoms with Crippen LogP contribution in [0.3, 0.4) is 0 Å². The Balaban J connectivity index is 2.34. The number of carbonyl (C=O) groups is 2. The molecule has 0 aliphatic heterocycles. The average molecular weight is 274 g/mol. The molecule has 0 aliphatic rings. The van der Waals surface area contributed by atoms with Gasteiger partial charge >= 0.3 is 5.97 Å². The number of nitrogens with zero attached hydrogens (tertiary/aromatic N) is 2. The fourth-order valence-corrected chi connectivity index (χ4v) is 1.55. The van der Waals surface area contributed by atoms with Gasteiger partial charge < -0.3 is 15.4 Å². The Kier molecular flexibility index (Phi) is 3.43. The third-order valence-corrected chi connectivity index (χ3v) is 2.44. The molecule has 1 aromatic heterocycles. The number of aromatic carboxylic acids is 1. The number of nitrogens with one attached hydrogen (secondary N) is 2. The fourth-order valence-electron chi connectivity index (χ4n) is 1.55. The third kappa shape index (κ3) is 2.32. The van der Waals surface area contributed by atoms with Crippen molar-refractivity contribution < 1.29 is 19.1 Å². The second kappa shape index (κ2) is 5.19. The minimum atomic E-state index is -1.35. The van der Waals surface area contributed by atoms with Crippen LogP contribution in [-0.4, -0.2) is 27.0 Å². The number of carboxylic acid groups (broad SMARTS) is 1. The molecule has 100 valence electrons. The first-order valence-electron chi connectivity index (χ1n) is 5.31. The summed E-state index contributed by atoms with van der Waals surface area (Å²) in [5.41, 5.74) is -1.15. The third-order valence-electron chi connectivity index (χ3n) is 2.44. The quantitative estimate of drug-likeness (QED) is 0.781. The smallest absolute Gasteiger partial charge is 0.354 e. The number of halogens is 1. The highest BCUT2D eigenvalue weighted by atomic mass is 19.1. The maximum Gasteiger partial charge on any atom is 0.354 e. The Morgan fingerprint density at radius 3 is 2.85 bits per heavy atom. The van der Waals surface area contributed by atoms with E-state index in [1.165, 1.54) is 12.1 Å². The molecule has 0 spiro atoms. The Morgan fingerprint density at radius 2 is 2.20 bits per heavy atom. The largest absolute Gasteiger partial charge is 0.477 e. The maximum atomic E-state index is 13.4. The van der Waals surface area contributed by atoms with E-state index in [1.54, 1.807) is 6.07 Å². The molecule has 1 amide bonds. The van der Waals surface area contributed by atoms with Crippen LogP contribution in [0.5, 0.6) is 0 Å². The van der Waals surface area contributed by atoms with Crippen LogP contribution < -0.4 is 5.32 Å². The molecule has 0 fully saturated rings. The van der Waals surface area contributed by atoms with Crippen molar-refractivity contribution in [2.24, 2.45) is 0 Å². The summed E-state index contributed by atoms with van der Waals surface area (Å²) in [4.78, 5) is 28.6. The first kappa shape index (κ1) is 13.2. The van der Waals surface area contributed by atoms with E-state index >= 15 is 0 Å². The number of carbonyl (C=O) groups excluding carboxylic acids is 1. The number of amides is 1. The number of H-pyrrole nitrogens is 1. The number of hydrogen-bond donors (Lipinski definition) is 3. The van der Waals surface area contributed by atoms with Crippen LogP contribution in [0.4, 0.5) is 10.1 Å². The van der Waals surface area contributed by atoms with Crippen LogP contribution in [-0.2, 0) is 0 Å². The van der Waals surface area contributed by atoms with Crippen molar-refractivity contribution >= 4 is 17.6 Å². The molecule has 8 heteroatoms. The SMILES string of the molecule is N#Cc1c(F)cccc1NC(=O)c1nc[nH]c1C(=O)O. The minimum Gasteiger partial charge on any atom is -0.477 e. The second-order valence-electron chi connectivity index (χ2n) is 3.66. The van der Waals surface area contributed by atoms with Crippen molar-refractivity contribution in [1.82, 2.24) is 9.97 Å². The van der Waals surface area contributed by atoms with Crippen molar-refractivity contribution in [2.45, 2.75) is 0 Å². The normalized spacial score (nSPS) is 9.80. The van der Waals surface area contributed by atoms with E-state index in [-0.39, 0.29) is 16.9 Å². The summed E-state index contributed by atoms with van der Waals surface area (Å²) in [6.07, 6.45) is 1.05. The summed E-state index contributed by atoms with van der Waals surface area (Å²) in [6.45, 7) is 0. The average Bonchev–Trinajstić information content (AvgIpc) is 2.88. The number of rotatable bonds is 3. The lowest BCUT2D eigenvalue weighted by Gasteiger charge is -2.06. The van der Waals surface area contributed by atoms with Gasteiger partial charge in [0.25, 0.3) is 5.91 Å². The Hall–Kier alpha value is -3.21. The van der Waals surface area contributed by atoms with E-state index in [2.05, 4.69) is 15.3 Å². The van der Waals surface area contributed by atoms with Crippen molar-refractivity contribution in [1.29, 1.82) is 5.26 Å². The van der Waals surface area contributed by atoms with Gasteiger partial charge in [-0.05, 0) is 12.1 Å². The molecule has 0 bridgehead atoms. The van der Waals surface area contributed by atoms with Crippen molar-refractivity contribution in [3.8, 4) is 6.07 Å². The second-order valence-corrected chi connectivity index (χ2v) is 3.66. The first-order valence-corrected chi connectivity index (χ1v) is 5.31. The highest BCUT2D eigenvalue weighted by Gasteiger charge is 2.21. The molecule has 3 N–H and O–H groups in total. The van der Waals surface area contributed by atoms with Gasteiger partial charge in [-0.1, -0.05) is 6.07 Å². The van der Waals surface area contributed by atoms with Gasteiger partial charge in [-0.25, -0.2) is 14.2 Å². The Bertz CT molecular complexity index is 733. The Labute approximate surface area is 111 Å². The van der Waals surface area contributed by atoms with Crippen LogP contribution in [0, 0.1) is 17.1 Å². The van der Waals surface area contributed by atoms with Crippen LogP contribution >= 0.6 is 0 Å². The van der Waals surface area contributed by atoms with Gasteiger partial charge in [0.2, 0.25) is 0 Å². The Morgan fingerprint density at radius 1 is 1.45 bits per heavy atom. The molecular weight excluding hydrogens is 267 g/mol. The van der Waals surface area contributed by atoms with E-state index in [1.807, 2.05) is 0 Å². The first-order chi connectivity index (χ1) is 9.54. The van der Waals surface area contributed by atoms with Gasteiger partial charge in [0, 0.05) is 0 Å². The van der Waals surface area contributed by atoms with Gasteiger partial charge in [-0.15, -0.1) is 0 Å². The molecule has 1 heterocycles. The standard InChI is InChI=1S/C12H7FN4O3/c13-7-2-1-3-8(6(7)4-14)17-11(18)9-10(12(19)20)16-5-15-9/h1-3,5H,(H,15,16)(H,17,18)(H,19,20). The molecule has 0 radical (unpaired) electrons. The number of carboxylic acids is 1. The summed E-state index contributed by atoms with van der Waals surface area (Å²) in [5.74, 6) is -3.00. The topological polar surface area (TPSA) is 119 Å². The predicted octanol–water partition coefficient (Wildman–Crippen LogP) is 1.37.